The fourth-order valence-corrected chi connectivity index (χ4v) is 1.30. The van der Waals surface area contributed by atoms with Crippen LogP contribution in [0.2, 0.25) is 0 Å². The number of anilines is 1. The van der Waals surface area contributed by atoms with Gasteiger partial charge in [-0.15, -0.1) is 0 Å². The van der Waals surface area contributed by atoms with Crippen LogP contribution in [0.15, 0.2) is 24.5 Å². The summed E-state index contributed by atoms with van der Waals surface area (Å²) < 4.78 is 0. The molecule has 0 bridgehead atoms. The van der Waals surface area contributed by atoms with Crippen LogP contribution in [0.3, 0.4) is 0 Å². The molecule has 7 nitrogen and oxygen atoms in total. The summed E-state index contributed by atoms with van der Waals surface area (Å²) >= 11 is 0. The van der Waals surface area contributed by atoms with Gasteiger partial charge in [-0.3, -0.25) is 9.88 Å². The number of hydrogen-bond acceptors (Lipinski definition) is 4. The van der Waals surface area contributed by atoms with E-state index in [9.17, 15) is 9.59 Å². The number of aliphatic hydroxyl groups excluding tert-OH is 1. The monoisotopic (exact) mass is 253 g/mol. The van der Waals surface area contributed by atoms with Gasteiger partial charge in [-0.05, 0) is 12.1 Å². The normalized spacial score (nSPS) is 11.7. The lowest BCUT2D eigenvalue weighted by Gasteiger charge is -2.20. The van der Waals surface area contributed by atoms with Crippen molar-refractivity contribution in [1.29, 1.82) is 0 Å². The molecule has 0 saturated carbocycles. The summed E-state index contributed by atoms with van der Waals surface area (Å²) in [6.45, 7) is -0.312. The van der Waals surface area contributed by atoms with Crippen molar-refractivity contribution in [3.8, 4) is 0 Å². The molecule has 2 amide bonds. The molecule has 0 aromatic carbocycles. The lowest BCUT2D eigenvalue weighted by Crippen LogP contribution is -2.47. The molecule has 0 saturated heterocycles. The Kier molecular flexibility index (Phi) is 5.06. The predicted molar refractivity (Wildman–Crippen MR) is 64.3 cm³/mol. The Bertz CT molecular complexity index is 410. The van der Waals surface area contributed by atoms with E-state index in [0.29, 0.717) is 5.69 Å². The van der Waals surface area contributed by atoms with Gasteiger partial charge in [-0.2, -0.15) is 0 Å². The van der Waals surface area contributed by atoms with Crippen molar-refractivity contribution < 1.29 is 19.8 Å². The first-order chi connectivity index (χ1) is 8.56. The van der Waals surface area contributed by atoms with Gasteiger partial charge in [0, 0.05) is 26.3 Å². The zero-order valence-electron chi connectivity index (χ0n) is 9.91. The number of pyridine rings is 1. The topological polar surface area (TPSA) is 103 Å². The van der Waals surface area contributed by atoms with E-state index in [2.05, 4.69) is 10.3 Å². The Labute approximate surface area is 104 Å². The van der Waals surface area contributed by atoms with E-state index in [1.165, 1.54) is 18.1 Å². The second-order valence-corrected chi connectivity index (χ2v) is 3.62. The fourth-order valence-electron chi connectivity index (χ4n) is 1.30. The number of hydrogen-bond donors (Lipinski definition) is 3. The van der Waals surface area contributed by atoms with Gasteiger partial charge in [-0.25, -0.2) is 9.59 Å². The zero-order valence-corrected chi connectivity index (χ0v) is 9.91. The Balaban J connectivity index is 2.67. The van der Waals surface area contributed by atoms with Gasteiger partial charge >= 0.3 is 12.0 Å². The first-order valence-corrected chi connectivity index (χ1v) is 5.34. The minimum absolute atomic E-state index is 0.0397. The molecule has 0 radical (unpaired) electrons. The van der Waals surface area contributed by atoms with Crippen LogP contribution in [-0.2, 0) is 4.79 Å². The smallest absolute Gasteiger partial charge is 0.326 e. The fraction of sp³-hybridized carbons (Fsp3) is 0.364. The summed E-state index contributed by atoms with van der Waals surface area (Å²) in [5.74, 6) is -1.18. The molecular formula is C11H15N3O4. The number of amides is 2. The highest BCUT2D eigenvalue weighted by atomic mass is 16.4. The first-order valence-electron chi connectivity index (χ1n) is 5.34. The van der Waals surface area contributed by atoms with Gasteiger partial charge in [0.2, 0.25) is 0 Å². The average Bonchev–Trinajstić information content (AvgIpc) is 2.38. The average molecular weight is 253 g/mol. The quantitative estimate of drug-likeness (QED) is 0.688. The molecule has 98 valence electrons. The first kappa shape index (κ1) is 13.9. The minimum Gasteiger partial charge on any atom is -0.480 e. The third kappa shape index (κ3) is 3.70. The van der Waals surface area contributed by atoms with Crippen molar-refractivity contribution >= 4 is 17.7 Å². The van der Waals surface area contributed by atoms with Crippen molar-refractivity contribution in [2.24, 2.45) is 0 Å². The molecule has 0 aliphatic heterocycles. The molecule has 0 spiro atoms. The van der Waals surface area contributed by atoms with Gasteiger partial charge in [-0.1, -0.05) is 0 Å². The van der Waals surface area contributed by atoms with Crippen LogP contribution >= 0.6 is 0 Å². The molecule has 1 atom stereocenters. The van der Waals surface area contributed by atoms with Crippen LogP contribution in [-0.4, -0.2) is 46.9 Å². The number of aliphatic carboxylic acids is 1. The molecule has 0 fully saturated rings. The second kappa shape index (κ2) is 6.55. The number of urea groups is 1. The number of aromatic nitrogens is 1. The van der Waals surface area contributed by atoms with Crippen LogP contribution in [0.4, 0.5) is 10.5 Å². The number of carbonyl (C=O) groups is 2. The van der Waals surface area contributed by atoms with E-state index in [4.69, 9.17) is 10.2 Å². The molecule has 1 aromatic rings. The maximum Gasteiger partial charge on any atom is 0.326 e. The third-order valence-electron chi connectivity index (χ3n) is 2.35. The Morgan fingerprint density at radius 3 is 2.78 bits per heavy atom. The third-order valence-corrected chi connectivity index (χ3v) is 2.35. The molecule has 1 aromatic heterocycles. The van der Waals surface area contributed by atoms with Gasteiger partial charge in [0.25, 0.3) is 0 Å². The Morgan fingerprint density at radius 1 is 1.56 bits per heavy atom. The zero-order chi connectivity index (χ0) is 13.5. The lowest BCUT2D eigenvalue weighted by atomic mass is 10.2. The van der Waals surface area contributed by atoms with Crippen molar-refractivity contribution in [3.05, 3.63) is 24.5 Å². The van der Waals surface area contributed by atoms with Gasteiger partial charge in [0.05, 0.1) is 11.9 Å². The van der Waals surface area contributed by atoms with E-state index < -0.39 is 18.0 Å². The predicted octanol–water partition coefficient (Wildman–Crippen LogP) is 0.0630. The molecule has 18 heavy (non-hydrogen) atoms. The molecule has 0 aliphatic rings. The van der Waals surface area contributed by atoms with Gasteiger partial charge in [0.15, 0.2) is 0 Å². The van der Waals surface area contributed by atoms with E-state index in [-0.39, 0.29) is 13.0 Å². The minimum atomic E-state index is -1.18. The van der Waals surface area contributed by atoms with Crippen molar-refractivity contribution in [2.45, 2.75) is 12.5 Å². The maximum atomic E-state index is 11.8. The highest BCUT2D eigenvalue weighted by Gasteiger charge is 2.21. The Hall–Kier alpha value is -2.15. The van der Waals surface area contributed by atoms with E-state index in [0.717, 1.165) is 0 Å². The highest BCUT2D eigenvalue weighted by Crippen LogP contribution is 2.09. The summed E-state index contributed by atoms with van der Waals surface area (Å²) in [5.41, 5.74) is 0.545. The molecule has 3 N–H and O–H groups in total. The number of rotatable bonds is 5. The number of carbonyl (C=O) groups excluding carboxylic acids is 1. The van der Waals surface area contributed by atoms with Crippen LogP contribution < -0.4 is 10.2 Å². The summed E-state index contributed by atoms with van der Waals surface area (Å²) in [4.78, 5) is 27.7. The van der Waals surface area contributed by atoms with E-state index >= 15 is 0 Å². The molecule has 7 heteroatoms. The molecule has 0 unspecified atom stereocenters. The largest absolute Gasteiger partial charge is 0.480 e. The molecule has 0 aliphatic carbocycles. The van der Waals surface area contributed by atoms with Crippen LogP contribution in [0.1, 0.15) is 6.42 Å². The summed E-state index contributed by atoms with van der Waals surface area (Å²) in [6, 6.07) is 1.67. The standard InChI is InChI=1S/C11H15N3O4/c1-14(8-3-2-5-12-7-8)11(18)13-9(4-6-15)10(16)17/h2-3,5,7,9,15H,4,6H2,1H3,(H,13,18)(H,16,17)/t9-/m0/s1. The lowest BCUT2D eigenvalue weighted by molar-refractivity contribution is -0.139. The highest BCUT2D eigenvalue weighted by molar-refractivity contribution is 5.93. The summed E-state index contributed by atoms with van der Waals surface area (Å²) in [5, 5.41) is 19.9. The van der Waals surface area contributed by atoms with E-state index in [1.807, 2.05) is 0 Å². The number of aliphatic hydroxyl groups is 1. The molecule has 1 heterocycles. The van der Waals surface area contributed by atoms with Crippen LogP contribution in [0, 0.1) is 0 Å². The molecular weight excluding hydrogens is 238 g/mol. The summed E-state index contributed by atoms with van der Waals surface area (Å²) in [6.07, 6.45) is 3.02. The SMILES string of the molecule is CN(C(=O)N[C@@H](CCO)C(=O)O)c1cccnc1. The number of nitrogens with one attached hydrogen (secondary N) is 1. The van der Waals surface area contributed by atoms with Gasteiger partial charge < -0.3 is 15.5 Å². The number of carboxylic acid groups (broad SMARTS) is 1. The maximum absolute atomic E-state index is 11.8. The Morgan fingerprint density at radius 2 is 2.28 bits per heavy atom. The molecule has 1 rings (SSSR count). The van der Waals surface area contributed by atoms with Crippen molar-refractivity contribution in [3.63, 3.8) is 0 Å². The van der Waals surface area contributed by atoms with E-state index in [1.54, 1.807) is 18.3 Å². The van der Waals surface area contributed by atoms with Gasteiger partial charge in [0.1, 0.15) is 6.04 Å². The van der Waals surface area contributed by atoms with Crippen LogP contribution in [0.25, 0.3) is 0 Å². The van der Waals surface area contributed by atoms with Crippen molar-refractivity contribution in [1.82, 2.24) is 10.3 Å². The van der Waals surface area contributed by atoms with Crippen molar-refractivity contribution in [2.75, 3.05) is 18.6 Å². The number of nitrogens with zero attached hydrogens (tertiary/aromatic N) is 2. The second-order valence-electron chi connectivity index (χ2n) is 3.62. The number of carboxylic acids is 1. The summed E-state index contributed by atoms with van der Waals surface area (Å²) in [7, 11) is 1.50. The van der Waals surface area contributed by atoms with Crippen LogP contribution in [0.5, 0.6) is 0 Å².